The first-order valence-corrected chi connectivity index (χ1v) is 8.18. The lowest BCUT2D eigenvalue weighted by molar-refractivity contribution is -0.393. The number of nitro groups is 2. The second kappa shape index (κ2) is 6.14. The Hall–Kier alpha value is -3.87. The van der Waals surface area contributed by atoms with Crippen LogP contribution in [-0.2, 0) is 0 Å². The van der Waals surface area contributed by atoms with Gasteiger partial charge in [-0.05, 0) is 30.7 Å². The number of aryl methyl sites for hydroxylation is 1. The van der Waals surface area contributed by atoms with Crippen molar-refractivity contribution in [3.05, 3.63) is 97.6 Å². The van der Waals surface area contributed by atoms with E-state index in [0.717, 1.165) is 17.2 Å². The Labute approximate surface area is 153 Å². The summed E-state index contributed by atoms with van der Waals surface area (Å²) in [5.41, 5.74) is 3.69. The van der Waals surface area contributed by atoms with Crippen molar-refractivity contribution in [3.8, 4) is 11.1 Å². The highest BCUT2D eigenvalue weighted by molar-refractivity contribution is 6.26. The number of hydrogen-bond donors (Lipinski definition) is 0. The molecule has 3 aromatic rings. The van der Waals surface area contributed by atoms with E-state index in [0.29, 0.717) is 28.1 Å². The van der Waals surface area contributed by atoms with Gasteiger partial charge in [0.1, 0.15) is 0 Å². The number of para-hydroxylation sites is 1. The van der Waals surface area contributed by atoms with Crippen LogP contribution in [0.2, 0.25) is 0 Å². The molecule has 0 aromatic heterocycles. The van der Waals surface area contributed by atoms with Crippen LogP contribution >= 0.6 is 0 Å². The highest BCUT2D eigenvalue weighted by Crippen LogP contribution is 2.45. The van der Waals surface area contributed by atoms with E-state index in [9.17, 15) is 20.2 Å². The molecule has 132 valence electrons. The highest BCUT2D eigenvalue weighted by Gasteiger charge is 2.34. The van der Waals surface area contributed by atoms with Crippen LogP contribution in [-0.4, -0.2) is 15.6 Å². The molecule has 1 aliphatic carbocycles. The van der Waals surface area contributed by atoms with Gasteiger partial charge in [0.2, 0.25) is 0 Å². The first kappa shape index (κ1) is 16.6. The predicted molar refractivity (Wildman–Crippen MR) is 102 cm³/mol. The molecule has 0 N–H and O–H groups in total. The van der Waals surface area contributed by atoms with E-state index in [2.05, 4.69) is 4.99 Å². The third-order valence-electron chi connectivity index (χ3n) is 4.46. The number of aliphatic imine (C=N–C) groups is 1. The molecule has 1 aliphatic rings. The lowest BCUT2D eigenvalue weighted by Crippen LogP contribution is -2.01. The van der Waals surface area contributed by atoms with Gasteiger partial charge in [-0.25, -0.2) is 4.99 Å². The molecule has 3 aromatic carbocycles. The standard InChI is InChI=1S/C20H13N3O4/c1-12-7-8-15-16(9-12)20(21-13-5-3-2-4-6-13)17-10-14(22(24)25)11-18(19(15)17)23(26)27/h2-11H,1H3. The molecule has 7 heteroatoms. The van der Waals surface area contributed by atoms with Crippen molar-refractivity contribution >= 4 is 22.8 Å². The summed E-state index contributed by atoms with van der Waals surface area (Å²) in [6, 6.07) is 17.1. The van der Waals surface area contributed by atoms with Crippen LogP contribution in [0.1, 0.15) is 16.7 Å². The monoisotopic (exact) mass is 359 g/mol. The molecule has 0 unspecified atom stereocenters. The molecule has 0 heterocycles. The van der Waals surface area contributed by atoms with Crippen LogP contribution in [0.4, 0.5) is 17.1 Å². The molecular weight excluding hydrogens is 346 g/mol. The number of benzene rings is 3. The van der Waals surface area contributed by atoms with E-state index in [4.69, 9.17) is 0 Å². The van der Waals surface area contributed by atoms with Crippen LogP contribution in [0.15, 0.2) is 65.7 Å². The molecule has 0 amide bonds. The van der Waals surface area contributed by atoms with E-state index in [-0.39, 0.29) is 11.4 Å². The van der Waals surface area contributed by atoms with Gasteiger partial charge < -0.3 is 0 Å². The molecule has 4 rings (SSSR count). The minimum absolute atomic E-state index is 0.289. The lowest BCUT2D eigenvalue weighted by atomic mass is 10.0. The Balaban J connectivity index is 2.09. The molecule has 0 atom stereocenters. The predicted octanol–water partition coefficient (Wildman–Crippen LogP) is 4.96. The molecule has 0 aliphatic heterocycles. The van der Waals surface area contributed by atoms with Gasteiger partial charge in [-0.3, -0.25) is 20.2 Å². The van der Waals surface area contributed by atoms with Crippen molar-refractivity contribution in [2.75, 3.05) is 0 Å². The maximum absolute atomic E-state index is 11.6. The van der Waals surface area contributed by atoms with Crippen LogP contribution in [0.5, 0.6) is 0 Å². The Bertz CT molecular complexity index is 1140. The van der Waals surface area contributed by atoms with Crippen LogP contribution < -0.4 is 0 Å². The summed E-state index contributed by atoms with van der Waals surface area (Å²) in [5.74, 6) is 0. The van der Waals surface area contributed by atoms with Gasteiger partial charge in [0, 0.05) is 17.2 Å². The maximum atomic E-state index is 11.6. The molecule has 0 bridgehead atoms. The quantitative estimate of drug-likeness (QED) is 0.381. The number of nitro benzene ring substituents is 2. The average Bonchev–Trinajstić information content (AvgIpc) is 2.94. The fourth-order valence-electron chi connectivity index (χ4n) is 3.30. The highest BCUT2D eigenvalue weighted by atomic mass is 16.6. The smallest absolute Gasteiger partial charge is 0.258 e. The van der Waals surface area contributed by atoms with Crippen molar-refractivity contribution in [1.82, 2.24) is 0 Å². The minimum atomic E-state index is -0.623. The van der Waals surface area contributed by atoms with Gasteiger partial charge in [-0.2, -0.15) is 0 Å². The lowest BCUT2D eigenvalue weighted by Gasteiger charge is -2.03. The topological polar surface area (TPSA) is 98.6 Å². The van der Waals surface area contributed by atoms with E-state index < -0.39 is 9.85 Å². The summed E-state index contributed by atoms with van der Waals surface area (Å²) in [6.45, 7) is 1.92. The zero-order chi connectivity index (χ0) is 19.1. The van der Waals surface area contributed by atoms with Gasteiger partial charge in [0.25, 0.3) is 11.4 Å². The normalized spacial score (nSPS) is 13.3. The first-order valence-electron chi connectivity index (χ1n) is 8.18. The Morgan fingerprint density at radius 1 is 0.815 bits per heavy atom. The van der Waals surface area contributed by atoms with Crippen molar-refractivity contribution in [3.63, 3.8) is 0 Å². The zero-order valence-electron chi connectivity index (χ0n) is 14.2. The molecular formula is C20H13N3O4. The summed E-state index contributed by atoms with van der Waals surface area (Å²) >= 11 is 0. The molecule has 0 spiro atoms. The van der Waals surface area contributed by atoms with Crippen LogP contribution in [0.25, 0.3) is 11.1 Å². The summed E-state index contributed by atoms with van der Waals surface area (Å²) in [5, 5.41) is 22.9. The summed E-state index contributed by atoms with van der Waals surface area (Å²) < 4.78 is 0. The van der Waals surface area contributed by atoms with Gasteiger partial charge >= 0.3 is 0 Å². The Kier molecular flexibility index (Phi) is 3.77. The summed E-state index contributed by atoms with van der Waals surface area (Å²) in [6.07, 6.45) is 0. The molecule has 0 fully saturated rings. The van der Waals surface area contributed by atoms with Gasteiger partial charge in [0.05, 0.1) is 32.9 Å². The molecule has 27 heavy (non-hydrogen) atoms. The second-order valence-electron chi connectivity index (χ2n) is 6.25. The average molecular weight is 359 g/mol. The minimum Gasteiger partial charge on any atom is -0.258 e. The number of fused-ring (bicyclic) bond motifs is 3. The number of nitrogens with zero attached hydrogens (tertiary/aromatic N) is 3. The van der Waals surface area contributed by atoms with E-state index in [1.807, 2.05) is 49.4 Å². The summed E-state index contributed by atoms with van der Waals surface area (Å²) in [4.78, 5) is 26.4. The third-order valence-corrected chi connectivity index (χ3v) is 4.46. The van der Waals surface area contributed by atoms with Gasteiger partial charge in [-0.1, -0.05) is 35.9 Å². The fourth-order valence-corrected chi connectivity index (χ4v) is 3.30. The largest absolute Gasteiger partial charge is 0.284 e. The van der Waals surface area contributed by atoms with Crippen LogP contribution in [0, 0.1) is 27.2 Å². The van der Waals surface area contributed by atoms with Gasteiger partial charge in [0.15, 0.2) is 0 Å². The van der Waals surface area contributed by atoms with Crippen molar-refractivity contribution < 1.29 is 9.85 Å². The third kappa shape index (κ3) is 2.75. The SMILES string of the molecule is Cc1ccc2c(c1)C(=Nc1ccccc1)c1cc([N+](=O)[O-])cc([N+](=O)[O-])c1-2. The molecule has 0 radical (unpaired) electrons. The number of hydrogen-bond acceptors (Lipinski definition) is 5. The molecule has 7 nitrogen and oxygen atoms in total. The maximum Gasteiger partial charge on any atom is 0.284 e. The second-order valence-corrected chi connectivity index (χ2v) is 6.25. The Morgan fingerprint density at radius 3 is 2.22 bits per heavy atom. The van der Waals surface area contributed by atoms with Crippen molar-refractivity contribution in [2.45, 2.75) is 6.92 Å². The van der Waals surface area contributed by atoms with Crippen molar-refractivity contribution in [2.24, 2.45) is 4.99 Å². The first-order chi connectivity index (χ1) is 13.0. The summed E-state index contributed by atoms with van der Waals surface area (Å²) in [7, 11) is 0. The van der Waals surface area contributed by atoms with Gasteiger partial charge in [-0.15, -0.1) is 0 Å². The number of rotatable bonds is 3. The van der Waals surface area contributed by atoms with E-state index >= 15 is 0 Å². The molecule has 0 saturated carbocycles. The van der Waals surface area contributed by atoms with Crippen molar-refractivity contribution in [1.29, 1.82) is 0 Å². The number of non-ortho nitro benzene ring substituents is 1. The fraction of sp³-hybridized carbons (Fsp3) is 0.0500. The van der Waals surface area contributed by atoms with Crippen LogP contribution in [0.3, 0.4) is 0 Å². The molecule has 0 saturated heterocycles. The Morgan fingerprint density at radius 2 is 1.56 bits per heavy atom. The van der Waals surface area contributed by atoms with E-state index in [1.54, 1.807) is 6.07 Å². The zero-order valence-corrected chi connectivity index (χ0v) is 14.2. The van der Waals surface area contributed by atoms with E-state index in [1.165, 1.54) is 6.07 Å².